The minimum absolute atomic E-state index is 0.122. The van der Waals surface area contributed by atoms with Gasteiger partial charge in [0.15, 0.2) is 6.61 Å². The van der Waals surface area contributed by atoms with Crippen LogP contribution in [0.15, 0.2) is 36.5 Å². The summed E-state index contributed by atoms with van der Waals surface area (Å²) in [6.07, 6.45) is -3.41. The molecule has 31 heavy (non-hydrogen) atoms. The summed E-state index contributed by atoms with van der Waals surface area (Å²) in [4.78, 5) is 32.3. The van der Waals surface area contributed by atoms with Crippen LogP contribution in [0, 0.1) is 0 Å². The normalized spacial score (nSPS) is 14.4. The smallest absolute Gasteiger partial charge is 0.422 e. The van der Waals surface area contributed by atoms with Gasteiger partial charge in [-0.3, -0.25) is 9.59 Å². The number of carbonyl (C=O) groups is 2. The number of ether oxygens (including phenoxy) is 2. The molecule has 0 N–H and O–H groups in total. The Bertz CT molecular complexity index is 963. The Morgan fingerprint density at radius 3 is 2.23 bits per heavy atom. The molecule has 1 fully saturated rings. The third-order valence-electron chi connectivity index (χ3n) is 4.60. The molecule has 1 aromatic heterocycles. The van der Waals surface area contributed by atoms with Gasteiger partial charge in [0.2, 0.25) is 5.88 Å². The number of halogens is 4. The number of carbonyl (C=O) groups excluding carboxylic acids is 2. The molecular weight excluding hydrogens is 439 g/mol. The van der Waals surface area contributed by atoms with Crippen LogP contribution in [-0.4, -0.2) is 72.7 Å². The van der Waals surface area contributed by atoms with E-state index in [2.05, 4.69) is 9.72 Å². The summed E-state index contributed by atoms with van der Waals surface area (Å²) >= 11 is 5.91. The summed E-state index contributed by atoms with van der Waals surface area (Å²) in [6.45, 7) is -0.293. The number of aromatic nitrogens is 1. The van der Waals surface area contributed by atoms with Crippen molar-refractivity contribution in [3.05, 3.63) is 52.7 Å². The van der Waals surface area contributed by atoms with E-state index in [0.29, 0.717) is 37.5 Å². The Balaban J connectivity index is 1.59. The first-order valence-electron chi connectivity index (χ1n) is 9.25. The molecule has 0 saturated carbocycles. The van der Waals surface area contributed by atoms with Crippen molar-refractivity contribution in [2.75, 3.05) is 39.9 Å². The molecule has 0 bridgehead atoms. The first-order chi connectivity index (χ1) is 14.7. The van der Waals surface area contributed by atoms with Crippen LogP contribution in [0.3, 0.4) is 0 Å². The van der Waals surface area contributed by atoms with Gasteiger partial charge in [0.25, 0.3) is 11.8 Å². The van der Waals surface area contributed by atoms with Gasteiger partial charge in [-0.1, -0.05) is 17.7 Å². The monoisotopic (exact) mass is 457 g/mol. The third-order valence-corrected chi connectivity index (χ3v) is 4.87. The number of hydrogen-bond donors (Lipinski definition) is 0. The van der Waals surface area contributed by atoms with Crippen LogP contribution < -0.4 is 9.47 Å². The van der Waals surface area contributed by atoms with Gasteiger partial charge in [0.05, 0.1) is 12.7 Å². The lowest BCUT2D eigenvalue weighted by Crippen LogP contribution is -2.50. The van der Waals surface area contributed by atoms with Gasteiger partial charge >= 0.3 is 6.18 Å². The second-order valence-electron chi connectivity index (χ2n) is 6.73. The van der Waals surface area contributed by atoms with Gasteiger partial charge in [-0.25, -0.2) is 4.98 Å². The predicted octanol–water partition coefficient (Wildman–Crippen LogP) is 3.28. The Labute approximate surface area is 181 Å². The van der Waals surface area contributed by atoms with Crippen LogP contribution >= 0.6 is 11.6 Å². The molecule has 2 heterocycles. The summed E-state index contributed by atoms with van der Waals surface area (Å²) in [5.41, 5.74) is 0.612. The highest BCUT2D eigenvalue weighted by Crippen LogP contribution is 2.26. The molecule has 2 amide bonds. The van der Waals surface area contributed by atoms with Gasteiger partial charge in [0, 0.05) is 37.9 Å². The lowest BCUT2D eigenvalue weighted by Gasteiger charge is -2.34. The van der Waals surface area contributed by atoms with Crippen LogP contribution in [0.4, 0.5) is 13.2 Å². The van der Waals surface area contributed by atoms with Gasteiger partial charge in [-0.05, 0) is 24.3 Å². The summed E-state index contributed by atoms with van der Waals surface area (Å²) in [5, 5.41) is -0.193. The number of alkyl halides is 3. The van der Waals surface area contributed by atoms with Crippen LogP contribution in [0.5, 0.6) is 11.6 Å². The van der Waals surface area contributed by atoms with E-state index in [-0.39, 0.29) is 22.4 Å². The van der Waals surface area contributed by atoms with Crippen molar-refractivity contribution in [3.63, 3.8) is 0 Å². The Hall–Kier alpha value is -3.01. The second kappa shape index (κ2) is 9.42. The van der Waals surface area contributed by atoms with E-state index in [1.807, 2.05) is 0 Å². The molecule has 11 heteroatoms. The molecule has 0 unspecified atom stereocenters. The molecule has 0 aliphatic carbocycles. The fourth-order valence-electron chi connectivity index (χ4n) is 3.03. The van der Waals surface area contributed by atoms with Crippen molar-refractivity contribution in [2.45, 2.75) is 6.18 Å². The summed E-state index contributed by atoms with van der Waals surface area (Å²) < 4.78 is 46.5. The number of pyridine rings is 1. The van der Waals surface area contributed by atoms with Crippen molar-refractivity contribution in [3.8, 4) is 11.6 Å². The fourth-order valence-corrected chi connectivity index (χ4v) is 3.25. The highest BCUT2D eigenvalue weighted by molar-refractivity contribution is 6.32. The molecule has 1 aliphatic rings. The van der Waals surface area contributed by atoms with E-state index >= 15 is 0 Å². The van der Waals surface area contributed by atoms with Crippen LogP contribution in [0.2, 0.25) is 5.02 Å². The molecule has 1 saturated heterocycles. The van der Waals surface area contributed by atoms with E-state index < -0.39 is 18.7 Å². The zero-order chi connectivity index (χ0) is 22.6. The van der Waals surface area contributed by atoms with Gasteiger partial charge < -0.3 is 19.3 Å². The maximum atomic E-state index is 12.7. The molecule has 1 aliphatic heterocycles. The molecule has 0 atom stereocenters. The maximum absolute atomic E-state index is 12.7. The zero-order valence-corrected chi connectivity index (χ0v) is 17.2. The topological polar surface area (TPSA) is 72.0 Å². The number of amides is 2. The number of hydrogen-bond acceptors (Lipinski definition) is 5. The summed E-state index contributed by atoms with van der Waals surface area (Å²) in [7, 11) is 1.52. The first kappa shape index (κ1) is 22.7. The lowest BCUT2D eigenvalue weighted by atomic mass is 10.1. The van der Waals surface area contributed by atoms with Crippen LogP contribution in [0.1, 0.15) is 20.7 Å². The van der Waals surface area contributed by atoms with Crippen molar-refractivity contribution >= 4 is 23.4 Å². The average molecular weight is 458 g/mol. The number of rotatable bonds is 5. The van der Waals surface area contributed by atoms with Crippen molar-refractivity contribution in [1.29, 1.82) is 0 Å². The lowest BCUT2D eigenvalue weighted by molar-refractivity contribution is -0.154. The maximum Gasteiger partial charge on any atom is 0.422 e. The van der Waals surface area contributed by atoms with E-state index in [1.165, 1.54) is 18.1 Å². The molecule has 7 nitrogen and oxygen atoms in total. The minimum Gasteiger partial charge on any atom is -0.497 e. The van der Waals surface area contributed by atoms with Crippen molar-refractivity contribution in [2.24, 2.45) is 0 Å². The fraction of sp³-hybridized carbons (Fsp3) is 0.350. The Morgan fingerprint density at radius 1 is 1.06 bits per heavy atom. The van der Waals surface area contributed by atoms with Gasteiger partial charge in [-0.2, -0.15) is 13.2 Å². The SMILES string of the molecule is COc1cccc(C(=O)N2CCN(C(=O)c3cnc(OCC(F)(F)F)c(Cl)c3)CC2)c1. The van der Waals surface area contributed by atoms with Crippen molar-refractivity contribution in [1.82, 2.24) is 14.8 Å². The Kier molecular flexibility index (Phi) is 6.89. The average Bonchev–Trinajstić information content (AvgIpc) is 2.76. The zero-order valence-electron chi connectivity index (χ0n) is 16.5. The number of benzene rings is 1. The highest BCUT2D eigenvalue weighted by Gasteiger charge is 2.30. The van der Waals surface area contributed by atoms with Crippen molar-refractivity contribution < 1.29 is 32.2 Å². The number of methoxy groups -OCH3 is 1. The quantitative estimate of drug-likeness (QED) is 0.689. The van der Waals surface area contributed by atoms with E-state index in [4.69, 9.17) is 16.3 Å². The Morgan fingerprint density at radius 2 is 1.68 bits per heavy atom. The standard InChI is InChI=1S/C20H19ClF3N3O4/c1-30-15-4-2-3-13(9-15)18(28)26-5-7-27(8-6-26)19(29)14-10-16(21)17(25-11-14)31-12-20(22,23)24/h2-4,9-11H,5-8,12H2,1H3. The molecule has 0 spiro atoms. The second-order valence-corrected chi connectivity index (χ2v) is 7.14. The van der Waals surface area contributed by atoms with Crippen LogP contribution in [-0.2, 0) is 0 Å². The summed E-state index contributed by atoms with van der Waals surface area (Å²) in [6, 6.07) is 8.03. The molecule has 166 valence electrons. The largest absolute Gasteiger partial charge is 0.497 e. The van der Waals surface area contributed by atoms with Crippen LogP contribution in [0.25, 0.3) is 0 Å². The van der Waals surface area contributed by atoms with Gasteiger partial charge in [0.1, 0.15) is 10.8 Å². The molecule has 3 rings (SSSR count). The highest BCUT2D eigenvalue weighted by atomic mass is 35.5. The molecule has 0 radical (unpaired) electrons. The molecular formula is C20H19ClF3N3O4. The third kappa shape index (κ3) is 5.78. The van der Waals surface area contributed by atoms with Gasteiger partial charge in [-0.15, -0.1) is 0 Å². The minimum atomic E-state index is -4.53. The van der Waals surface area contributed by atoms with E-state index in [9.17, 15) is 22.8 Å². The van der Waals surface area contributed by atoms with E-state index in [0.717, 1.165) is 6.20 Å². The number of nitrogens with zero attached hydrogens (tertiary/aromatic N) is 3. The number of piperazine rings is 1. The summed E-state index contributed by atoms with van der Waals surface area (Å²) in [5.74, 6) is -0.372. The molecule has 1 aromatic carbocycles. The first-order valence-corrected chi connectivity index (χ1v) is 9.63. The van der Waals surface area contributed by atoms with E-state index in [1.54, 1.807) is 29.2 Å². The molecule has 2 aromatic rings. The predicted molar refractivity (Wildman–Crippen MR) is 106 cm³/mol.